The van der Waals surface area contributed by atoms with Crippen LogP contribution in [0.15, 0.2) is 65.6 Å². The number of aromatic nitrogens is 1. The summed E-state index contributed by atoms with van der Waals surface area (Å²) in [4.78, 5) is 16.3. The number of halogens is 2. The van der Waals surface area contributed by atoms with Crippen LogP contribution in [-0.2, 0) is 21.4 Å². The van der Waals surface area contributed by atoms with Crippen LogP contribution >= 0.6 is 23.2 Å². The van der Waals surface area contributed by atoms with Crippen LogP contribution in [0.2, 0.25) is 10.2 Å². The van der Waals surface area contributed by atoms with Crippen LogP contribution in [-0.4, -0.2) is 33.5 Å². The molecular formula is C21H18Cl2N2O5S. The van der Waals surface area contributed by atoms with E-state index in [1.54, 1.807) is 30.3 Å². The normalized spacial score (nSPS) is 11.1. The smallest absolute Gasteiger partial charge is 0.338 e. The van der Waals surface area contributed by atoms with Crippen molar-refractivity contribution in [2.45, 2.75) is 11.5 Å². The highest BCUT2D eigenvalue weighted by Crippen LogP contribution is 2.31. The number of carbonyl (C=O) groups is 1. The molecule has 3 rings (SSSR count). The van der Waals surface area contributed by atoms with Gasteiger partial charge in [0.1, 0.15) is 17.5 Å². The molecule has 31 heavy (non-hydrogen) atoms. The Labute approximate surface area is 190 Å². The fourth-order valence-electron chi connectivity index (χ4n) is 2.72. The summed E-state index contributed by atoms with van der Waals surface area (Å²) >= 11 is 11.8. The first-order chi connectivity index (χ1) is 14.7. The Morgan fingerprint density at radius 1 is 1.03 bits per heavy atom. The summed E-state index contributed by atoms with van der Waals surface area (Å²) in [5, 5.41) is 0.544. The lowest BCUT2D eigenvalue weighted by atomic mass is 10.2. The number of methoxy groups -OCH3 is 1. The van der Waals surface area contributed by atoms with Crippen LogP contribution < -0.4 is 9.04 Å². The molecule has 0 saturated heterocycles. The van der Waals surface area contributed by atoms with E-state index < -0.39 is 16.0 Å². The molecule has 0 bridgehead atoms. The summed E-state index contributed by atoms with van der Waals surface area (Å²) in [6, 6.07) is 15.3. The SMILES string of the molecule is COc1ccccc1N(C)S(=O)(=O)c1ccc(C(=O)OCc2nc(Cl)ccc2Cl)cc1. The molecule has 7 nitrogen and oxygen atoms in total. The first-order valence-electron chi connectivity index (χ1n) is 8.94. The minimum absolute atomic E-state index is 0.0111. The predicted molar refractivity (Wildman–Crippen MR) is 118 cm³/mol. The van der Waals surface area contributed by atoms with Crippen molar-refractivity contribution < 1.29 is 22.7 Å². The highest BCUT2D eigenvalue weighted by atomic mass is 35.5. The number of ether oxygens (including phenoxy) is 2. The van der Waals surface area contributed by atoms with Crippen LogP contribution in [0.1, 0.15) is 16.1 Å². The molecule has 3 aromatic rings. The fourth-order valence-corrected chi connectivity index (χ4v) is 4.25. The molecule has 10 heteroatoms. The van der Waals surface area contributed by atoms with E-state index in [9.17, 15) is 13.2 Å². The molecular weight excluding hydrogens is 463 g/mol. The summed E-state index contributed by atoms with van der Waals surface area (Å²) in [5.41, 5.74) is 0.886. The molecule has 162 valence electrons. The van der Waals surface area contributed by atoms with Crippen LogP contribution in [0.5, 0.6) is 5.75 Å². The van der Waals surface area contributed by atoms with Crippen molar-refractivity contribution in [3.8, 4) is 5.75 Å². The largest absolute Gasteiger partial charge is 0.495 e. The van der Waals surface area contributed by atoms with Gasteiger partial charge >= 0.3 is 5.97 Å². The van der Waals surface area contributed by atoms with Crippen molar-refractivity contribution in [3.63, 3.8) is 0 Å². The highest BCUT2D eigenvalue weighted by Gasteiger charge is 2.24. The second-order valence-electron chi connectivity index (χ2n) is 6.31. The Morgan fingerprint density at radius 3 is 2.39 bits per heavy atom. The van der Waals surface area contributed by atoms with E-state index in [2.05, 4.69) is 4.98 Å². The quantitative estimate of drug-likeness (QED) is 0.363. The molecule has 1 aromatic heterocycles. The molecule has 0 radical (unpaired) electrons. The number of benzene rings is 2. The molecule has 0 saturated carbocycles. The number of carbonyl (C=O) groups excluding carboxylic acids is 1. The zero-order valence-corrected chi connectivity index (χ0v) is 18.9. The standard InChI is InChI=1S/C21H18Cl2N2O5S/c1-25(18-5-3-4-6-19(18)29-2)31(27,28)15-9-7-14(8-10-15)21(26)30-13-17-16(22)11-12-20(23)24-17/h3-12H,13H2,1-2H3. The number of para-hydroxylation sites is 2. The lowest BCUT2D eigenvalue weighted by molar-refractivity contribution is 0.0468. The Morgan fingerprint density at radius 2 is 1.71 bits per heavy atom. The van der Waals surface area contributed by atoms with Crippen molar-refractivity contribution in [3.05, 3.63) is 82.1 Å². The Balaban J connectivity index is 1.75. The molecule has 0 atom stereocenters. The zero-order valence-electron chi connectivity index (χ0n) is 16.6. The van der Waals surface area contributed by atoms with Crippen LogP contribution in [0.25, 0.3) is 0 Å². The molecule has 0 fully saturated rings. The maximum atomic E-state index is 13.0. The maximum Gasteiger partial charge on any atom is 0.338 e. The van der Waals surface area contributed by atoms with Gasteiger partial charge in [-0.15, -0.1) is 0 Å². The van der Waals surface area contributed by atoms with Crippen molar-refractivity contribution in [1.82, 2.24) is 4.98 Å². The second kappa shape index (κ2) is 9.55. The zero-order chi connectivity index (χ0) is 22.6. The fraction of sp³-hybridized carbons (Fsp3) is 0.143. The number of hydrogen-bond acceptors (Lipinski definition) is 6. The van der Waals surface area contributed by atoms with Gasteiger partial charge in [-0.1, -0.05) is 35.3 Å². The molecule has 0 N–H and O–H groups in total. The van der Waals surface area contributed by atoms with Gasteiger partial charge in [0.05, 0.1) is 34.0 Å². The third-order valence-electron chi connectivity index (χ3n) is 4.40. The molecule has 0 amide bonds. The minimum atomic E-state index is -3.87. The molecule has 0 aliphatic carbocycles. The summed E-state index contributed by atoms with van der Waals surface area (Å²) in [5.74, 6) is -0.234. The number of rotatable bonds is 7. The van der Waals surface area contributed by atoms with Crippen LogP contribution in [0.4, 0.5) is 5.69 Å². The van der Waals surface area contributed by atoms with E-state index in [1.165, 1.54) is 44.5 Å². The monoisotopic (exact) mass is 480 g/mol. The predicted octanol–water partition coefficient (Wildman–Crippen LogP) is 4.58. The van der Waals surface area contributed by atoms with Crippen molar-refractivity contribution in [1.29, 1.82) is 0 Å². The van der Waals surface area contributed by atoms with E-state index in [4.69, 9.17) is 32.7 Å². The number of hydrogen-bond donors (Lipinski definition) is 0. The van der Waals surface area contributed by atoms with Gasteiger partial charge in [0.15, 0.2) is 0 Å². The van der Waals surface area contributed by atoms with Gasteiger partial charge < -0.3 is 9.47 Å². The lowest BCUT2D eigenvalue weighted by Crippen LogP contribution is -2.27. The Bertz CT molecular complexity index is 1200. The van der Waals surface area contributed by atoms with Crippen molar-refractivity contribution >= 4 is 44.9 Å². The first kappa shape index (κ1) is 22.9. The minimum Gasteiger partial charge on any atom is -0.495 e. The van der Waals surface area contributed by atoms with Gasteiger partial charge in [-0.05, 0) is 48.5 Å². The maximum absolute atomic E-state index is 13.0. The molecule has 0 aliphatic rings. The Hall–Kier alpha value is -2.81. The first-order valence-corrected chi connectivity index (χ1v) is 11.1. The molecule has 0 spiro atoms. The topological polar surface area (TPSA) is 85.8 Å². The molecule has 0 aliphatic heterocycles. The summed E-state index contributed by atoms with van der Waals surface area (Å²) in [7, 11) is -0.982. The second-order valence-corrected chi connectivity index (χ2v) is 9.07. The van der Waals surface area contributed by atoms with Gasteiger partial charge in [-0.3, -0.25) is 4.31 Å². The number of esters is 1. The van der Waals surface area contributed by atoms with Crippen molar-refractivity contribution in [2.75, 3.05) is 18.5 Å². The summed E-state index contributed by atoms with van der Waals surface area (Å²) in [6.45, 7) is -0.172. The van der Waals surface area contributed by atoms with E-state index in [0.717, 1.165) is 4.31 Å². The molecule has 1 heterocycles. The third-order valence-corrected chi connectivity index (χ3v) is 6.74. The number of sulfonamides is 1. The van der Waals surface area contributed by atoms with E-state index in [-0.39, 0.29) is 22.2 Å². The number of nitrogens with zero attached hydrogens (tertiary/aromatic N) is 2. The molecule has 0 unspecified atom stereocenters. The van der Waals surface area contributed by atoms with E-state index in [0.29, 0.717) is 22.2 Å². The average Bonchev–Trinajstić information content (AvgIpc) is 2.78. The van der Waals surface area contributed by atoms with Gasteiger partial charge in [0, 0.05) is 7.05 Å². The van der Waals surface area contributed by atoms with Gasteiger partial charge in [-0.2, -0.15) is 0 Å². The number of pyridine rings is 1. The summed E-state index contributed by atoms with van der Waals surface area (Å²) < 4.78 is 37.5. The van der Waals surface area contributed by atoms with Crippen molar-refractivity contribution in [2.24, 2.45) is 0 Å². The average molecular weight is 481 g/mol. The Kier molecular flexibility index (Phi) is 7.04. The van der Waals surface area contributed by atoms with Gasteiger partial charge in [-0.25, -0.2) is 18.2 Å². The highest BCUT2D eigenvalue weighted by molar-refractivity contribution is 7.92. The van der Waals surface area contributed by atoms with E-state index >= 15 is 0 Å². The van der Waals surface area contributed by atoms with Gasteiger partial charge in [0.2, 0.25) is 0 Å². The van der Waals surface area contributed by atoms with Crippen LogP contribution in [0.3, 0.4) is 0 Å². The van der Waals surface area contributed by atoms with Gasteiger partial charge in [0.25, 0.3) is 10.0 Å². The molecule has 2 aromatic carbocycles. The third kappa shape index (κ3) is 5.10. The lowest BCUT2D eigenvalue weighted by Gasteiger charge is -2.21. The van der Waals surface area contributed by atoms with E-state index in [1.807, 2.05) is 0 Å². The van der Waals surface area contributed by atoms with Crippen LogP contribution in [0, 0.1) is 0 Å². The number of anilines is 1. The summed E-state index contributed by atoms with van der Waals surface area (Å²) in [6.07, 6.45) is 0.